The summed E-state index contributed by atoms with van der Waals surface area (Å²) >= 11 is 0. The minimum Gasteiger partial charge on any atom is -0.481 e. The van der Waals surface area contributed by atoms with E-state index in [-0.39, 0.29) is 30.5 Å². The van der Waals surface area contributed by atoms with E-state index in [2.05, 4.69) is 6.92 Å². The second kappa shape index (κ2) is 10.6. The highest BCUT2D eigenvalue weighted by molar-refractivity contribution is 5.85. The molecule has 0 radical (unpaired) electrons. The molecule has 1 aliphatic rings. The van der Waals surface area contributed by atoms with Gasteiger partial charge in [0.25, 0.3) is 0 Å². The van der Waals surface area contributed by atoms with Crippen LogP contribution in [0, 0.1) is 11.8 Å². The molecular weight excluding hydrogens is 296 g/mol. The standard InChI is InChI=1S/C18H30O5/c1-2-3-4-8-14-15(17(21)12-16(14)20)11-10-13(19)7-5-6-9-18(22)23/h10-11,13-16,19-20H,2-9,12H2,1H3,(H,22,23)/b11-10+/t13-,14+,15-,16-/m0/s1. The molecule has 0 aliphatic heterocycles. The van der Waals surface area contributed by atoms with Crippen molar-refractivity contribution in [2.75, 3.05) is 0 Å². The molecule has 0 unspecified atom stereocenters. The van der Waals surface area contributed by atoms with Crippen molar-refractivity contribution in [1.29, 1.82) is 0 Å². The van der Waals surface area contributed by atoms with Crippen molar-refractivity contribution in [2.24, 2.45) is 11.8 Å². The predicted octanol–water partition coefficient (Wildman–Crippen LogP) is 2.69. The van der Waals surface area contributed by atoms with Crippen molar-refractivity contribution in [2.45, 2.75) is 76.9 Å². The Morgan fingerprint density at radius 1 is 1.30 bits per heavy atom. The monoisotopic (exact) mass is 326 g/mol. The highest BCUT2D eigenvalue weighted by Crippen LogP contribution is 2.34. The van der Waals surface area contributed by atoms with E-state index in [4.69, 9.17) is 5.11 Å². The lowest BCUT2D eigenvalue weighted by Crippen LogP contribution is -2.19. The van der Waals surface area contributed by atoms with E-state index in [9.17, 15) is 19.8 Å². The van der Waals surface area contributed by atoms with Crippen LogP contribution in [0.1, 0.15) is 64.7 Å². The third-order valence-corrected chi connectivity index (χ3v) is 4.56. The number of aliphatic hydroxyl groups excluding tert-OH is 2. The van der Waals surface area contributed by atoms with Gasteiger partial charge in [-0.2, -0.15) is 0 Å². The molecule has 132 valence electrons. The summed E-state index contributed by atoms with van der Waals surface area (Å²) in [5.41, 5.74) is 0. The second-order valence-electron chi connectivity index (χ2n) is 6.51. The van der Waals surface area contributed by atoms with Crippen LogP contribution >= 0.6 is 0 Å². The predicted molar refractivity (Wildman–Crippen MR) is 88.0 cm³/mol. The number of allylic oxidation sites excluding steroid dienone is 1. The number of aliphatic carboxylic acids is 1. The fourth-order valence-electron chi connectivity index (χ4n) is 3.20. The minimum absolute atomic E-state index is 0.0375. The average Bonchev–Trinajstić information content (AvgIpc) is 2.75. The fraction of sp³-hybridized carbons (Fsp3) is 0.778. The number of carbonyl (C=O) groups excluding carboxylic acids is 1. The molecule has 0 bridgehead atoms. The molecule has 0 spiro atoms. The van der Waals surface area contributed by atoms with E-state index < -0.39 is 18.2 Å². The maximum Gasteiger partial charge on any atom is 0.303 e. The Hall–Kier alpha value is -1.20. The van der Waals surface area contributed by atoms with Gasteiger partial charge in [0, 0.05) is 18.8 Å². The van der Waals surface area contributed by atoms with Crippen LogP contribution in [0.25, 0.3) is 0 Å². The lowest BCUT2D eigenvalue weighted by atomic mass is 9.88. The van der Waals surface area contributed by atoms with E-state index in [1.807, 2.05) is 0 Å². The molecule has 1 saturated carbocycles. The summed E-state index contributed by atoms with van der Waals surface area (Å²) in [4.78, 5) is 22.4. The van der Waals surface area contributed by atoms with Gasteiger partial charge in [-0.3, -0.25) is 9.59 Å². The Balaban J connectivity index is 2.44. The van der Waals surface area contributed by atoms with Crippen molar-refractivity contribution in [3.8, 4) is 0 Å². The van der Waals surface area contributed by atoms with Crippen LogP contribution in [-0.4, -0.2) is 39.3 Å². The number of unbranched alkanes of at least 4 members (excludes halogenated alkanes) is 3. The average molecular weight is 326 g/mol. The van der Waals surface area contributed by atoms with Crippen molar-refractivity contribution in [3.05, 3.63) is 12.2 Å². The number of rotatable bonds is 11. The highest BCUT2D eigenvalue weighted by Gasteiger charge is 2.39. The van der Waals surface area contributed by atoms with Crippen LogP contribution in [0.15, 0.2) is 12.2 Å². The number of carboxylic acid groups (broad SMARTS) is 1. The van der Waals surface area contributed by atoms with E-state index in [1.54, 1.807) is 12.2 Å². The number of Topliss-reactive ketones (excluding diaryl/α,β-unsaturated/α-hetero) is 1. The molecule has 0 saturated heterocycles. The number of hydrogen-bond donors (Lipinski definition) is 3. The first-order valence-electron chi connectivity index (χ1n) is 8.74. The van der Waals surface area contributed by atoms with Crippen LogP contribution in [0.4, 0.5) is 0 Å². The largest absolute Gasteiger partial charge is 0.481 e. The maximum atomic E-state index is 12.0. The topological polar surface area (TPSA) is 94.8 Å². The van der Waals surface area contributed by atoms with Gasteiger partial charge in [-0.25, -0.2) is 0 Å². The van der Waals surface area contributed by atoms with Crippen molar-refractivity contribution >= 4 is 11.8 Å². The van der Waals surface area contributed by atoms with E-state index in [0.717, 1.165) is 25.7 Å². The molecule has 1 aliphatic carbocycles. The van der Waals surface area contributed by atoms with E-state index in [0.29, 0.717) is 19.3 Å². The molecule has 0 aromatic carbocycles. The highest BCUT2D eigenvalue weighted by atomic mass is 16.4. The van der Waals surface area contributed by atoms with Gasteiger partial charge in [-0.05, 0) is 31.6 Å². The Labute approximate surface area is 138 Å². The molecule has 5 nitrogen and oxygen atoms in total. The first-order chi connectivity index (χ1) is 11.0. The molecule has 1 fully saturated rings. The SMILES string of the molecule is CCCCC[C@@H]1[C@H](/C=C/[C@@H](O)CCCCC(=O)O)C(=O)C[C@@H]1O. The number of hydrogen-bond acceptors (Lipinski definition) is 4. The molecule has 0 aromatic heterocycles. The molecule has 4 atom stereocenters. The van der Waals surface area contributed by atoms with Gasteiger partial charge in [0.15, 0.2) is 0 Å². The number of aliphatic hydroxyl groups is 2. The zero-order valence-electron chi connectivity index (χ0n) is 14.0. The Bertz CT molecular complexity index is 404. The molecule has 5 heteroatoms. The maximum absolute atomic E-state index is 12.0. The van der Waals surface area contributed by atoms with Gasteiger partial charge in [0.1, 0.15) is 5.78 Å². The molecular formula is C18H30O5. The summed E-state index contributed by atoms with van der Waals surface area (Å²) in [5.74, 6) is -1.11. The van der Waals surface area contributed by atoms with Gasteiger partial charge in [-0.1, -0.05) is 38.3 Å². The van der Waals surface area contributed by atoms with Crippen LogP contribution < -0.4 is 0 Å². The summed E-state index contributed by atoms with van der Waals surface area (Å²) in [6, 6.07) is 0. The van der Waals surface area contributed by atoms with Crippen molar-refractivity contribution in [1.82, 2.24) is 0 Å². The zero-order chi connectivity index (χ0) is 17.2. The van der Waals surface area contributed by atoms with Crippen LogP contribution in [0.2, 0.25) is 0 Å². The van der Waals surface area contributed by atoms with E-state index >= 15 is 0 Å². The summed E-state index contributed by atoms with van der Waals surface area (Å²) in [7, 11) is 0. The third kappa shape index (κ3) is 7.27. The summed E-state index contributed by atoms with van der Waals surface area (Å²) in [5, 5.41) is 28.5. The molecule has 0 heterocycles. The van der Waals surface area contributed by atoms with Crippen molar-refractivity contribution < 1.29 is 24.9 Å². The summed E-state index contributed by atoms with van der Waals surface area (Å²) in [6.45, 7) is 2.12. The zero-order valence-corrected chi connectivity index (χ0v) is 14.0. The van der Waals surface area contributed by atoms with Gasteiger partial charge in [0.2, 0.25) is 0 Å². The molecule has 0 aromatic rings. The summed E-state index contributed by atoms with van der Waals surface area (Å²) < 4.78 is 0. The first-order valence-corrected chi connectivity index (χ1v) is 8.74. The smallest absolute Gasteiger partial charge is 0.303 e. The molecule has 1 rings (SSSR count). The van der Waals surface area contributed by atoms with Gasteiger partial charge in [0.05, 0.1) is 12.2 Å². The second-order valence-corrected chi connectivity index (χ2v) is 6.51. The third-order valence-electron chi connectivity index (χ3n) is 4.56. The Morgan fingerprint density at radius 2 is 2.04 bits per heavy atom. The number of carboxylic acids is 1. The quantitative estimate of drug-likeness (QED) is 0.401. The number of ketones is 1. The lowest BCUT2D eigenvalue weighted by molar-refractivity contribution is -0.137. The van der Waals surface area contributed by atoms with Gasteiger partial charge < -0.3 is 15.3 Å². The normalized spacial score (nSPS) is 26.0. The van der Waals surface area contributed by atoms with Gasteiger partial charge >= 0.3 is 5.97 Å². The van der Waals surface area contributed by atoms with Crippen LogP contribution in [0.3, 0.4) is 0 Å². The fourth-order valence-corrected chi connectivity index (χ4v) is 3.20. The Kier molecular flexibility index (Phi) is 9.10. The first kappa shape index (κ1) is 19.8. The van der Waals surface area contributed by atoms with E-state index in [1.165, 1.54) is 0 Å². The van der Waals surface area contributed by atoms with Crippen molar-refractivity contribution in [3.63, 3.8) is 0 Å². The van der Waals surface area contributed by atoms with Gasteiger partial charge in [-0.15, -0.1) is 0 Å². The minimum atomic E-state index is -0.824. The molecule has 0 amide bonds. The van der Waals surface area contributed by atoms with Crippen LogP contribution in [0.5, 0.6) is 0 Å². The van der Waals surface area contributed by atoms with Crippen LogP contribution in [-0.2, 0) is 9.59 Å². The summed E-state index contributed by atoms with van der Waals surface area (Å²) in [6.07, 6.45) is 8.19. The number of carbonyl (C=O) groups is 2. The Morgan fingerprint density at radius 3 is 2.70 bits per heavy atom. The lowest BCUT2D eigenvalue weighted by Gasteiger charge is -2.18. The molecule has 23 heavy (non-hydrogen) atoms. The molecule has 3 N–H and O–H groups in total.